The number of rotatable bonds is 8. The van der Waals surface area contributed by atoms with Crippen molar-refractivity contribution in [1.82, 2.24) is 20.4 Å². The third-order valence-corrected chi connectivity index (χ3v) is 5.56. The third kappa shape index (κ3) is 6.53. The summed E-state index contributed by atoms with van der Waals surface area (Å²) in [5, 5.41) is 11.3. The Morgan fingerprint density at radius 2 is 2.09 bits per heavy atom. The SMILES string of the molecule is CCNC(=NCc1c(C)nn(CCOC)c1C)NC1CCN(c2ccc(F)cc2F)C1.I. The molecule has 2 heterocycles. The van der Waals surface area contributed by atoms with Crippen molar-refractivity contribution < 1.29 is 13.5 Å². The molecular weight excluding hydrogens is 529 g/mol. The number of aryl methyl sites for hydroxylation is 1. The van der Waals surface area contributed by atoms with E-state index < -0.39 is 11.6 Å². The Kier molecular flexibility index (Phi) is 10.1. The average Bonchev–Trinajstić information content (AvgIpc) is 3.29. The van der Waals surface area contributed by atoms with Gasteiger partial charge in [-0.2, -0.15) is 5.10 Å². The van der Waals surface area contributed by atoms with Gasteiger partial charge in [0, 0.05) is 50.1 Å². The van der Waals surface area contributed by atoms with E-state index in [9.17, 15) is 8.78 Å². The Morgan fingerprint density at radius 3 is 2.78 bits per heavy atom. The number of halogens is 3. The summed E-state index contributed by atoms with van der Waals surface area (Å²) in [5.41, 5.74) is 3.59. The Bertz CT molecular complexity index is 920. The van der Waals surface area contributed by atoms with E-state index >= 15 is 0 Å². The molecule has 10 heteroatoms. The normalized spacial score (nSPS) is 16.2. The number of hydrogen-bond acceptors (Lipinski definition) is 4. The van der Waals surface area contributed by atoms with Gasteiger partial charge in [0.1, 0.15) is 11.6 Å². The molecule has 0 saturated carbocycles. The van der Waals surface area contributed by atoms with Crippen LogP contribution >= 0.6 is 24.0 Å². The van der Waals surface area contributed by atoms with E-state index in [4.69, 9.17) is 9.73 Å². The number of guanidine groups is 1. The number of aliphatic imine (C=N–C) groups is 1. The van der Waals surface area contributed by atoms with Crippen LogP contribution in [0.15, 0.2) is 23.2 Å². The fraction of sp³-hybridized carbons (Fsp3) is 0.545. The van der Waals surface area contributed by atoms with Gasteiger partial charge in [0.05, 0.1) is 31.1 Å². The predicted molar refractivity (Wildman–Crippen MR) is 134 cm³/mol. The maximum atomic E-state index is 14.1. The minimum Gasteiger partial charge on any atom is -0.383 e. The first kappa shape index (κ1) is 26.3. The van der Waals surface area contributed by atoms with Gasteiger partial charge in [-0.15, -0.1) is 24.0 Å². The van der Waals surface area contributed by atoms with Crippen LogP contribution in [0.25, 0.3) is 0 Å². The summed E-state index contributed by atoms with van der Waals surface area (Å²) < 4.78 is 34.4. The summed E-state index contributed by atoms with van der Waals surface area (Å²) in [5.74, 6) is -0.372. The first-order valence-corrected chi connectivity index (χ1v) is 10.7. The van der Waals surface area contributed by atoms with Crippen molar-refractivity contribution in [3.8, 4) is 0 Å². The molecule has 0 amide bonds. The fourth-order valence-corrected chi connectivity index (χ4v) is 3.86. The predicted octanol–water partition coefficient (Wildman–Crippen LogP) is 3.38. The van der Waals surface area contributed by atoms with Crippen LogP contribution in [0.2, 0.25) is 0 Å². The lowest BCUT2D eigenvalue weighted by Crippen LogP contribution is -2.44. The minimum absolute atomic E-state index is 0. The van der Waals surface area contributed by atoms with Crippen LogP contribution in [0.4, 0.5) is 14.5 Å². The van der Waals surface area contributed by atoms with Crippen molar-refractivity contribution in [1.29, 1.82) is 0 Å². The largest absolute Gasteiger partial charge is 0.383 e. The highest BCUT2D eigenvalue weighted by Gasteiger charge is 2.25. The number of ether oxygens (including phenoxy) is 1. The van der Waals surface area contributed by atoms with Crippen molar-refractivity contribution in [3.63, 3.8) is 0 Å². The molecule has 7 nitrogen and oxygen atoms in total. The number of nitrogens with zero attached hydrogens (tertiary/aromatic N) is 4. The molecule has 0 aliphatic carbocycles. The smallest absolute Gasteiger partial charge is 0.191 e. The van der Waals surface area contributed by atoms with Gasteiger partial charge >= 0.3 is 0 Å². The molecule has 1 aromatic carbocycles. The van der Waals surface area contributed by atoms with E-state index in [0.717, 1.165) is 41.9 Å². The van der Waals surface area contributed by atoms with Crippen LogP contribution < -0.4 is 15.5 Å². The summed E-state index contributed by atoms with van der Waals surface area (Å²) in [6, 6.07) is 3.84. The topological polar surface area (TPSA) is 66.7 Å². The maximum absolute atomic E-state index is 14.1. The van der Waals surface area contributed by atoms with E-state index in [1.807, 2.05) is 30.4 Å². The van der Waals surface area contributed by atoms with Gasteiger partial charge in [-0.25, -0.2) is 13.8 Å². The van der Waals surface area contributed by atoms with Gasteiger partial charge in [-0.1, -0.05) is 0 Å². The molecule has 1 aromatic heterocycles. The van der Waals surface area contributed by atoms with Crippen LogP contribution in [0, 0.1) is 25.5 Å². The molecule has 2 N–H and O–H groups in total. The lowest BCUT2D eigenvalue weighted by atomic mass is 10.2. The Hall–Kier alpha value is -1.95. The Morgan fingerprint density at radius 1 is 1.31 bits per heavy atom. The summed E-state index contributed by atoms with van der Waals surface area (Å²) in [6.45, 7) is 9.96. The quantitative estimate of drug-likeness (QED) is 0.294. The molecule has 32 heavy (non-hydrogen) atoms. The fourth-order valence-electron chi connectivity index (χ4n) is 3.86. The maximum Gasteiger partial charge on any atom is 0.191 e. The van der Waals surface area contributed by atoms with E-state index in [2.05, 4.69) is 15.7 Å². The van der Waals surface area contributed by atoms with Crippen molar-refractivity contribution in [2.75, 3.05) is 38.3 Å². The molecule has 0 spiro atoms. The monoisotopic (exact) mass is 562 g/mol. The number of benzene rings is 1. The van der Waals surface area contributed by atoms with Crippen molar-refractivity contribution in [3.05, 3.63) is 46.8 Å². The molecule has 1 aliphatic heterocycles. The molecule has 178 valence electrons. The van der Waals surface area contributed by atoms with E-state index in [-0.39, 0.29) is 30.0 Å². The Labute approximate surface area is 205 Å². The van der Waals surface area contributed by atoms with Crippen LogP contribution in [0.5, 0.6) is 0 Å². The van der Waals surface area contributed by atoms with E-state index in [1.165, 1.54) is 12.1 Å². The molecule has 1 unspecified atom stereocenters. The van der Waals surface area contributed by atoms with Crippen molar-refractivity contribution in [2.24, 2.45) is 4.99 Å². The standard InChI is InChI=1S/C22H32F2N6O.HI/c1-5-25-22(26-13-19-15(2)28-30(16(19)3)10-11-31-4)27-18-8-9-29(14-18)21-7-6-17(23)12-20(21)24;/h6-7,12,18H,5,8-11,13-14H2,1-4H3,(H2,25,26,27);1H. The molecule has 1 atom stereocenters. The van der Waals surface area contributed by atoms with Crippen LogP contribution in [0.3, 0.4) is 0 Å². The Balaban J connectivity index is 0.00000363. The number of aromatic nitrogens is 2. The number of nitrogens with one attached hydrogen (secondary N) is 2. The van der Waals surface area contributed by atoms with Crippen LogP contribution in [-0.4, -0.2) is 55.1 Å². The molecule has 0 bridgehead atoms. The second-order valence-electron chi connectivity index (χ2n) is 7.73. The number of anilines is 1. The second-order valence-corrected chi connectivity index (χ2v) is 7.73. The van der Waals surface area contributed by atoms with Gasteiger partial charge in [0.25, 0.3) is 0 Å². The zero-order chi connectivity index (χ0) is 22.4. The van der Waals surface area contributed by atoms with Crippen molar-refractivity contribution in [2.45, 2.75) is 46.3 Å². The van der Waals surface area contributed by atoms with Gasteiger partial charge in [0.2, 0.25) is 0 Å². The number of hydrogen-bond donors (Lipinski definition) is 2. The van der Waals surface area contributed by atoms with Gasteiger partial charge in [0.15, 0.2) is 5.96 Å². The summed E-state index contributed by atoms with van der Waals surface area (Å²) in [4.78, 5) is 6.69. The van der Waals surface area contributed by atoms with Crippen LogP contribution in [0.1, 0.15) is 30.3 Å². The first-order valence-electron chi connectivity index (χ1n) is 10.7. The average molecular weight is 562 g/mol. The van der Waals surface area contributed by atoms with Gasteiger partial charge < -0.3 is 20.3 Å². The highest BCUT2D eigenvalue weighted by atomic mass is 127. The first-order chi connectivity index (χ1) is 14.9. The summed E-state index contributed by atoms with van der Waals surface area (Å²) in [7, 11) is 1.68. The molecule has 0 radical (unpaired) electrons. The highest BCUT2D eigenvalue weighted by molar-refractivity contribution is 14.0. The number of methoxy groups -OCH3 is 1. The molecular formula is C22H33F2IN6O. The second kappa shape index (κ2) is 12.3. The zero-order valence-electron chi connectivity index (χ0n) is 19.1. The highest BCUT2D eigenvalue weighted by Crippen LogP contribution is 2.24. The molecule has 2 aromatic rings. The van der Waals surface area contributed by atoms with Gasteiger partial charge in [-0.3, -0.25) is 4.68 Å². The van der Waals surface area contributed by atoms with E-state index in [1.54, 1.807) is 7.11 Å². The molecule has 3 rings (SSSR count). The lowest BCUT2D eigenvalue weighted by Gasteiger charge is -2.21. The summed E-state index contributed by atoms with van der Waals surface area (Å²) >= 11 is 0. The molecule has 1 saturated heterocycles. The third-order valence-electron chi connectivity index (χ3n) is 5.56. The van der Waals surface area contributed by atoms with Gasteiger partial charge in [-0.05, 0) is 39.3 Å². The van der Waals surface area contributed by atoms with E-state index in [0.29, 0.717) is 38.5 Å². The minimum atomic E-state index is -0.562. The van der Waals surface area contributed by atoms with Crippen LogP contribution in [-0.2, 0) is 17.8 Å². The molecule has 1 fully saturated rings. The summed E-state index contributed by atoms with van der Waals surface area (Å²) in [6.07, 6.45) is 0.842. The molecule has 1 aliphatic rings. The van der Waals surface area contributed by atoms with Crippen molar-refractivity contribution >= 4 is 35.6 Å². The zero-order valence-corrected chi connectivity index (χ0v) is 21.5. The lowest BCUT2D eigenvalue weighted by molar-refractivity contribution is 0.182.